The lowest BCUT2D eigenvalue weighted by atomic mass is 9.89. The molecule has 0 saturated carbocycles. The van der Waals surface area contributed by atoms with Crippen LogP contribution < -0.4 is 15.8 Å². The molecule has 1 amide bonds. The number of aliphatic hydroxyl groups excluding tert-OH is 1. The van der Waals surface area contributed by atoms with Crippen molar-refractivity contribution in [3.8, 4) is 11.3 Å². The number of ether oxygens (including phenoxy) is 1. The van der Waals surface area contributed by atoms with Gasteiger partial charge < -0.3 is 15.2 Å². The summed E-state index contributed by atoms with van der Waals surface area (Å²) in [5.74, 6) is 0.868. The Hall–Kier alpha value is -3.87. The number of rotatable bonds is 5. The molecule has 0 atom stereocenters. The van der Waals surface area contributed by atoms with Gasteiger partial charge in [-0.25, -0.2) is 9.67 Å². The number of aryl methyl sites for hydroxylation is 1. The molecular formula is C31H35N7O4S. The SMILES string of the molecule is Cn1nc(-c2ccnc(N3CCc4c(sc5c4CC(C)(C)C5)C3=O)c2CO)cc(Nc2cc3n(n2)CC(C)(C)OC3)c1=O. The zero-order chi connectivity index (χ0) is 30.3. The number of nitrogens with zero attached hydrogens (tertiary/aromatic N) is 6. The van der Waals surface area contributed by atoms with E-state index in [-0.39, 0.29) is 29.1 Å². The number of pyridine rings is 1. The first-order valence-electron chi connectivity index (χ1n) is 14.5. The fraction of sp³-hybridized carbons (Fsp3) is 0.452. The molecule has 6 heterocycles. The second kappa shape index (κ2) is 9.83. The summed E-state index contributed by atoms with van der Waals surface area (Å²) in [5, 5.41) is 22.9. The molecule has 11 nitrogen and oxygen atoms in total. The fourth-order valence-electron chi connectivity index (χ4n) is 6.49. The Balaban J connectivity index is 1.22. The molecule has 2 aliphatic heterocycles. The van der Waals surface area contributed by atoms with Crippen molar-refractivity contribution < 1.29 is 14.6 Å². The van der Waals surface area contributed by atoms with Crippen molar-refractivity contribution in [3.63, 3.8) is 0 Å². The largest absolute Gasteiger partial charge is 0.392 e. The van der Waals surface area contributed by atoms with Crippen molar-refractivity contribution in [3.05, 3.63) is 66.9 Å². The van der Waals surface area contributed by atoms with Gasteiger partial charge in [-0.2, -0.15) is 10.2 Å². The molecule has 0 radical (unpaired) electrons. The third kappa shape index (κ3) is 4.77. The van der Waals surface area contributed by atoms with E-state index in [4.69, 9.17) is 4.74 Å². The molecular weight excluding hydrogens is 566 g/mol. The van der Waals surface area contributed by atoms with Gasteiger partial charge >= 0.3 is 0 Å². The summed E-state index contributed by atoms with van der Waals surface area (Å²) in [4.78, 5) is 35.2. The van der Waals surface area contributed by atoms with E-state index in [1.54, 1.807) is 41.6 Å². The summed E-state index contributed by atoms with van der Waals surface area (Å²) in [6, 6.07) is 5.28. The van der Waals surface area contributed by atoms with Crippen LogP contribution in [-0.2, 0) is 50.8 Å². The number of fused-ring (bicyclic) bond motifs is 4. The number of aromatic nitrogens is 5. The summed E-state index contributed by atoms with van der Waals surface area (Å²) < 4.78 is 9.04. The van der Waals surface area contributed by atoms with E-state index in [0.717, 1.165) is 29.8 Å². The molecule has 4 aromatic rings. The standard InChI is InChI=1S/C31H35N7O4S/c1-30(2)12-20-19-7-9-37(29(41)26(19)43-24(20)13-30)27-21(14-39)18(6-8-32-27)22-11-23(28(40)36(5)34-22)33-25-10-17-15-42-31(3,4)16-38(17)35-25/h6,8,10-11,39H,7,9,12-16H2,1-5H3,(H,33,35). The minimum absolute atomic E-state index is 0.0792. The number of anilines is 3. The molecule has 0 saturated heterocycles. The van der Waals surface area contributed by atoms with Crippen LogP contribution in [0.2, 0.25) is 0 Å². The molecule has 224 valence electrons. The molecule has 0 aromatic carbocycles. The predicted octanol–water partition coefficient (Wildman–Crippen LogP) is 3.97. The fourth-order valence-corrected chi connectivity index (χ4v) is 8.06. The molecule has 0 fully saturated rings. The Bertz CT molecular complexity index is 1850. The second-order valence-corrected chi connectivity index (χ2v) is 14.2. The lowest BCUT2D eigenvalue weighted by molar-refractivity contribution is -0.0660. The lowest BCUT2D eigenvalue weighted by Crippen LogP contribution is -2.38. The number of hydrogen-bond donors (Lipinski definition) is 2. The Morgan fingerprint density at radius 1 is 1.12 bits per heavy atom. The van der Waals surface area contributed by atoms with Crippen LogP contribution in [0.3, 0.4) is 0 Å². The highest BCUT2D eigenvalue weighted by atomic mass is 32.1. The molecule has 0 spiro atoms. The summed E-state index contributed by atoms with van der Waals surface area (Å²) in [6.07, 6.45) is 4.36. The maximum Gasteiger partial charge on any atom is 0.290 e. The van der Waals surface area contributed by atoms with Gasteiger partial charge in [0.05, 0.1) is 41.6 Å². The molecule has 3 aliphatic rings. The normalized spacial score (nSPS) is 18.4. The van der Waals surface area contributed by atoms with Crippen LogP contribution in [0.1, 0.15) is 64.6 Å². The smallest absolute Gasteiger partial charge is 0.290 e. The van der Waals surface area contributed by atoms with Gasteiger partial charge in [-0.3, -0.25) is 19.2 Å². The maximum absolute atomic E-state index is 13.8. The first-order valence-corrected chi connectivity index (χ1v) is 15.4. The van der Waals surface area contributed by atoms with Gasteiger partial charge in [-0.05, 0) is 61.8 Å². The lowest BCUT2D eigenvalue weighted by Gasteiger charge is -2.30. The second-order valence-electron chi connectivity index (χ2n) is 13.1. The first kappa shape index (κ1) is 27.9. The number of carbonyl (C=O) groups excluding carboxylic acids is 1. The summed E-state index contributed by atoms with van der Waals surface area (Å²) in [5.41, 5.74) is 4.88. The number of hydrogen-bond acceptors (Lipinski definition) is 9. The molecule has 7 rings (SSSR count). The van der Waals surface area contributed by atoms with Gasteiger partial charge in [0.1, 0.15) is 11.5 Å². The summed E-state index contributed by atoms with van der Waals surface area (Å²) >= 11 is 1.61. The highest BCUT2D eigenvalue weighted by Crippen LogP contribution is 2.46. The Morgan fingerprint density at radius 2 is 1.93 bits per heavy atom. The van der Waals surface area contributed by atoms with Gasteiger partial charge in [0, 0.05) is 41.9 Å². The highest BCUT2D eigenvalue weighted by Gasteiger charge is 2.39. The van der Waals surface area contributed by atoms with Crippen LogP contribution in [-0.4, -0.2) is 47.7 Å². The molecule has 0 bridgehead atoms. The first-order chi connectivity index (χ1) is 20.4. The van der Waals surface area contributed by atoms with E-state index in [2.05, 4.69) is 34.3 Å². The average Bonchev–Trinajstić information content (AvgIpc) is 3.59. The highest BCUT2D eigenvalue weighted by molar-refractivity contribution is 7.14. The van der Waals surface area contributed by atoms with Gasteiger partial charge in [-0.1, -0.05) is 13.8 Å². The van der Waals surface area contributed by atoms with Crippen molar-refractivity contribution in [2.75, 3.05) is 16.8 Å². The van der Waals surface area contributed by atoms with E-state index >= 15 is 0 Å². The Labute approximate surface area is 253 Å². The average molecular weight is 602 g/mol. The van der Waals surface area contributed by atoms with Crippen LogP contribution in [0.25, 0.3) is 11.3 Å². The third-order valence-corrected chi connectivity index (χ3v) is 9.84. The molecule has 1 aliphatic carbocycles. The van der Waals surface area contributed by atoms with Gasteiger partial charge in [0.15, 0.2) is 5.82 Å². The minimum atomic E-state index is -0.346. The van der Waals surface area contributed by atoms with Crippen molar-refractivity contribution in [2.45, 2.75) is 72.3 Å². The van der Waals surface area contributed by atoms with E-state index in [0.29, 0.717) is 53.8 Å². The summed E-state index contributed by atoms with van der Waals surface area (Å²) in [6.45, 7) is 9.76. The predicted molar refractivity (Wildman–Crippen MR) is 164 cm³/mol. The van der Waals surface area contributed by atoms with Crippen molar-refractivity contribution >= 4 is 34.6 Å². The number of amides is 1. The number of nitrogens with one attached hydrogen (secondary N) is 1. The van der Waals surface area contributed by atoms with E-state index < -0.39 is 0 Å². The summed E-state index contributed by atoms with van der Waals surface area (Å²) in [7, 11) is 1.58. The monoisotopic (exact) mass is 601 g/mol. The van der Waals surface area contributed by atoms with Crippen molar-refractivity contribution in [1.82, 2.24) is 24.5 Å². The quantitative estimate of drug-likeness (QED) is 0.352. The van der Waals surface area contributed by atoms with Crippen molar-refractivity contribution in [1.29, 1.82) is 0 Å². The minimum Gasteiger partial charge on any atom is -0.392 e. The topological polar surface area (TPSA) is 127 Å². The molecule has 43 heavy (non-hydrogen) atoms. The van der Waals surface area contributed by atoms with Gasteiger partial charge in [0.25, 0.3) is 11.5 Å². The van der Waals surface area contributed by atoms with Crippen LogP contribution in [0.15, 0.2) is 29.2 Å². The van der Waals surface area contributed by atoms with Crippen LogP contribution in [0.4, 0.5) is 17.3 Å². The molecule has 2 N–H and O–H groups in total. The van der Waals surface area contributed by atoms with Gasteiger partial charge in [0.2, 0.25) is 0 Å². The van der Waals surface area contributed by atoms with Crippen LogP contribution in [0.5, 0.6) is 0 Å². The number of thiophene rings is 1. The number of aliphatic hydroxyl groups is 1. The van der Waals surface area contributed by atoms with Gasteiger partial charge in [-0.15, -0.1) is 11.3 Å². The zero-order valence-corrected chi connectivity index (χ0v) is 25.8. The zero-order valence-electron chi connectivity index (χ0n) is 25.0. The third-order valence-electron chi connectivity index (χ3n) is 8.57. The van der Waals surface area contributed by atoms with E-state index in [1.165, 1.54) is 20.7 Å². The maximum atomic E-state index is 13.8. The van der Waals surface area contributed by atoms with E-state index in [1.807, 2.05) is 24.6 Å². The van der Waals surface area contributed by atoms with Crippen LogP contribution in [0, 0.1) is 5.41 Å². The van der Waals surface area contributed by atoms with E-state index in [9.17, 15) is 14.7 Å². The Morgan fingerprint density at radius 3 is 2.72 bits per heavy atom. The number of carbonyl (C=O) groups is 1. The van der Waals surface area contributed by atoms with Crippen molar-refractivity contribution in [2.24, 2.45) is 12.5 Å². The Kier molecular flexibility index (Phi) is 6.39. The van der Waals surface area contributed by atoms with Crippen LogP contribution >= 0.6 is 11.3 Å². The molecule has 0 unspecified atom stereocenters. The molecule has 12 heteroatoms. The molecule has 4 aromatic heterocycles.